The summed E-state index contributed by atoms with van der Waals surface area (Å²) in [5.41, 5.74) is -1.13. The smallest absolute Gasteiger partial charge is 0.424 e. The number of esters is 1. The lowest BCUT2D eigenvalue weighted by atomic mass is 9.94. The number of amides is 1. The number of amidine groups is 1. The van der Waals surface area contributed by atoms with Gasteiger partial charge >= 0.3 is 18.1 Å². The minimum Gasteiger partial charge on any atom is -0.468 e. The van der Waals surface area contributed by atoms with E-state index >= 15 is 0 Å². The number of hydrogen-bond donors (Lipinski definition) is 0. The number of nitrogens with zero attached hydrogens (tertiary/aromatic N) is 3. The molecule has 0 fully saturated rings. The first kappa shape index (κ1) is 26.2. The summed E-state index contributed by atoms with van der Waals surface area (Å²) >= 11 is 0. The van der Waals surface area contributed by atoms with Crippen LogP contribution in [0, 0.1) is 27.6 Å². The Morgan fingerprint density at radius 2 is 1.69 bits per heavy atom. The average molecular weight is 509 g/mol. The topological polar surface area (TPSA) is 130 Å². The summed E-state index contributed by atoms with van der Waals surface area (Å²) < 4.78 is 62.3. The highest BCUT2D eigenvalue weighted by Crippen LogP contribution is 2.38. The third-order valence-electron chi connectivity index (χ3n) is 4.92. The number of nitro groups is 1. The number of carbonyl (C=O) groups excluding carboxylic acids is 2. The van der Waals surface area contributed by atoms with Crippen molar-refractivity contribution in [2.24, 2.45) is 4.99 Å². The maximum atomic E-state index is 14.2. The third kappa shape index (κ3) is 5.12. The van der Waals surface area contributed by atoms with Gasteiger partial charge in [-0.05, 0) is 29.8 Å². The second-order valence-corrected chi connectivity index (χ2v) is 7.07. The summed E-state index contributed by atoms with van der Waals surface area (Å²) in [6.07, 6.45) is -1.25. The Morgan fingerprint density at radius 1 is 1.08 bits per heavy atom. The first-order valence-corrected chi connectivity index (χ1v) is 9.95. The maximum Gasteiger partial charge on any atom is 0.424 e. The van der Waals surface area contributed by atoms with Crippen LogP contribution in [0.5, 0.6) is 5.75 Å². The first-order chi connectivity index (χ1) is 17.1. The van der Waals surface area contributed by atoms with Crippen molar-refractivity contribution in [3.8, 4) is 5.75 Å². The molecule has 1 heterocycles. The molecule has 11 nitrogen and oxygen atoms in total. The number of ether oxygens (including phenoxy) is 4. The SMILES string of the molecule is COCC1=C(C(=O)OC)C(c2cc(F)c(F)c(F)c2)N(C(=O)Oc2ccc([N+](=O)[O-])cc2)C(OC)=N1. The molecule has 1 aliphatic rings. The molecule has 1 amide bonds. The molecule has 3 rings (SSSR count). The molecule has 0 saturated heterocycles. The van der Waals surface area contributed by atoms with Gasteiger partial charge in [0, 0.05) is 19.2 Å². The van der Waals surface area contributed by atoms with Crippen LogP contribution >= 0.6 is 0 Å². The molecule has 1 atom stereocenters. The van der Waals surface area contributed by atoms with E-state index in [4.69, 9.17) is 18.9 Å². The van der Waals surface area contributed by atoms with Crippen LogP contribution in [0.25, 0.3) is 0 Å². The Bertz CT molecular complexity index is 1240. The zero-order valence-corrected chi connectivity index (χ0v) is 19.0. The van der Waals surface area contributed by atoms with Crippen LogP contribution in [0.3, 0.4) is 0 Å². The second-order valence-electron chi connectivity index (χ2n) is 7.07. The number of benzene rings is 2. The van der Waals surface area contributed by atoms with E-state index in [-0.39, 0.29) is 34.9 Å². The maximum absolute atomic E-state index is 14.2. The highest BCUT2D eigenvalue weighted by molar-refractivity contribution is 6.00. The molecule has 0 aliphatic carbocycles. The molecule has 2 aromatic rings. The summed E-state index contributed by atoms with van der Waals surface area (Å²) in [6.45, 7) is -0.300. The van der Waals surface area contributed by atoms with Crippen LogP contribution in [-0.4, -0.2) is 55.8 Å². The van der Waals surface area contributed by atoms with Crippen molar-refractivity contribution < 1.29 is 46.6 Å². The molecule has 0 spiro atoms. The van der Waals surface area contributed by atoms with Crippen molar-refractivity contribution in [1.29, 1.82) is 0 Å². The predicted molar refractivity (Wildman–Crippen MR) is 115 cm³/mol. The van der Waals surface area contributed by atoms with Gasteiger partial charge in [0.15, 0.2) is 17.5 Å². The van der Waals surface area contributed by atoms with Crippen LogP contribution in [-0.2, 0) is 19.0 Å². The summed E-state index contributed by atoms with van der Waals surface area (Å²) in [5, 5.41) is 10.9. The molecule has 0 aromatic heterocycles. The molecule has 1 aliphatic heterocycles. The van der Waals surface area contributed by atoms with Gasteiger partial charge in [0.1, 0.15) is 11.8 Å². The lowest BCUT2D eigenvalue weighted by Crippen LogP contribution is -2.47. The third-order valence-corrected chi connectivity index (χ3v) is 4.92. The van der Waals surface area contributed by atoms with Gasteiger partial charge in [-0.2, -0.15) is 4.99 Å². The van der Waals surface area contributed by atoms with Crippen LogP contribution in [0.4, 0.5) is 23.7 Å². The van der Waals surface area contributed by atoms with E-state index in [0.29, 0.717) is 17.0 Å². The molecule has 0 N–H and O–H groups in total. The minimum absolute atomic E-state index is 0.101. The molecular formula is C22H18F3N3O8. The quantitative estimate of drug-likeness (QED) is 0.250. The van der Waals surface area contributed by atoms with E-state index in [1.807, 2.05) is 0 Å². The number of rotatable bonds is 6. The van der Waals surface area contributed by atoms with E-state index in [1.165, 1.54) is 7.11 Å². The molecular weight excluding hydrogens is 491 g/mol. The number of nitro benzene ring substituents is 1. The fraction of sp³-hybridized carbons (Fsp3) is 0.227. The van der Waals surface area contributed by atoms with Gasteiger partial charge in [-0.25, -0.2) is 27.7 Å². The number of halogens is 3. The van der Waals surface area contributed by atoms with Gasteiger partial charge in [0.05, 0.1) is 37.0 Å². The van der Waals surface area contributed by atoms with Crippen molar-refractivity contribution in [1.82, 2.24) is 4.90 Å². The van der Waals surface area contributed by atoms with E-state index in [9.17, 15) is 32.9 Å². The lowest BCUT2D eigenvalue weighted by Gasteiger charge is -2.35. The lowest BCUT2D eigenvalue weighted by molar-refractivity contribution is -0.384. The van der Waals surface area contributed by atoms with Gasteiger partial charge in [0.2, 0.25) is 0 Å². The van der Waals surface area contributed by atoms with E-state index in [0.717, 1.165) is 38.5 Å². The summed E-state index contributed by atoms with van der Waals surface area (Å²) in [5.74, 6) is -6.14. The van der Waals surface area contributed by atoms with Crippen LogP contribution < -0.4 is 4.74 Å². The van der Waals surface area contributed by atoms with Crippen molar-refractivity contribution in [2.75, 3.05) is 27.9 Å². The molecule has 2 aromatic carbocycles. The molecule has 0 bridgehead atoms. The van der Waals surface area contributed by atoms with Crippen molar-refractivity contribution in [2.45, 2.75) is 6.04 Å². The first-order valence-electron chi connectivity index (χ1n) is 9.95. The zero-order valence-electron chi connectivity index (χ0n) is 19.0. The Balaban J connectivity index is 2.18. The highest BCUT2D eigenvalue weighted by atomic mass is 19.2. The monoisotopic (exact) mass is 509 g/mol. The van der Waals surface area contributed by atoms with Crippen molar-refractivity contribution >= 4 is 23.8 Å². The van der Waals surface area contributed by atoms with Gasteiger partial charge in [0.25, 0.3) is 5.69 Å². The summed E-state index contributed by atoms with van der Waals surface area (Å²) in [4.78, 5) is 40.9. The number of hydrogen-bond acceptors (Lipinski definition) is 9. The Morgan fingerprint density at radius 3 is 2.19 bits per heavy atom. The Hall–Kier alpha value is -4.46. The fourth-order valence-corrected chi connectivity index (χ4v) is 3.38. The van der Waals surface area contributed by atoms with Crippen LogP contribution in [0.2, 0.25) is 0 Å². The van der Waals surface area contributed by atoms with E-state index < -0.39 is 46.5 Å². The average Bonchev–Trinajstić information content (AvgIpc) is 2.86. The van der Waals surface area contributed by atoms with Gasteiger partial charge in [-0.3, -0.25) is 10.1 Å². The number of methoxy groups -OCH3 is 3. The van der Waals surface area contributed by atoms with Crippen LogP contribution in [0.1, 0.15) is 11.6 Å². The van der Waals surface area contributed by atoms with Gasteiger partial charge in [-0.1, -0.05) is 0 Å². The molecule has 14 heteroatoms. The fourth-order valence-electron chi connectivity index (χ4n) is 3.38. The highest BCUT2D eigenvalue weighted by Gasteiger charge is 2.43. The summed E-state index contributed by atoms with van der Waals surface area (Å²) in [7, 11) is 3.44. The molecule has 190 valence electrons. The zero-order chi connectivity index (χ0) is 26.6. The van der Waals surface area contributed by atoms with Crippen molar-refractivity contribution in [3.05, 3.63) is 80.8 Å². The van der Waals surface area contributed by atoms with Gasteiger partial charge < -0.3 is 18.9 Å². The molecule has 36 heavy (non-hydrogen) atoms. The Kier molecular flexibility index (Phi) is 7.89. The second kappa shape index (κ2) is 10.9. The molecule has 0 radical (unpaired) electrons. The number of non-ortho nitro benzene ring substituents is 1. The van der Waals surface area contributed by atoms with Crippen LogP contribution in [0.15, 0.2) is 52.7 Å². The predicted octanol–water partition coefficient (Wildman–Crippen LogP) is 3.64. The van der Waals surface area contributed by atoms with E-state index in [2.05, 4.69) is 4.99 Å². The largest absolute Gasteiger partial charge is 0.468 e. The molecule has 1 unspecified atom stereocenters. The summed E-state index contributed by atoms with van der Waals surface area (Å²) in [6, 6.07) is 3.45. The normalized spacial score (nSPS) is 15.3. The van der Waals surface area contributed by atoms with Gasteiger partial charge in [-0.15, -0.1) is 0 Å². The number of carbonyl (C=O) groups is 2. The van der Waals surface area contributed by atoms with Crippen molar-refractivity contribution in [3.63, 3.8) is 0 Å². The Labute approximate surface area is 201 Å². The van der Waals surface area contributed by atoms with E-state index in [1.54, 1.807) is 0 Å². The minimum atomic E-state index is -1.77. The molecule has 0 saturated carbocycles. The number of aliphatic imine (C=N–C) groups is 1. The standard InChI is InChI=1S/C22H18F3N3O8/c1-33-10-16-17(20(29)34-2)19(11-8-14(23)18(25)15(24)9-11)27(21(26-16)35-3)22(30)36-13-6-4-12(5-7-13)28(31)32/h4-9,19H,10H2,1-3H3.